The van der Waals surface area contributed by atoms with E-state index >= 15 is 0 Å². The maximum Gasteiger partial charge on any atom is 0.471 e. The van der Waals surface area contributed by atoms with Gasteiger partial charge in [0.1, 0.15) is 6.61 Å². The highest BCUT2D eigenvalue weighted by atomic mass is 32.1. The van der Waals surface area contributed by atoms with E-state index in [4.69, 9.17) is 9.15 Å². The molecule has 3 rings (SSSR count). The van der Waals surface area contributed by atoms with E-state index in [1.165, 1.54) is 31.1 Å². The van der Waals surface area contributed by atoms with Gasteiger partial charge in [-0.2, -0.15) is 0 Å². The van der Waals surface area contributed by atoms with E-state index < -0.39 is 5.25 Å². The highest BCUT2D eigenvalue weighted by Gasteiger charge is 2.30. The number of aromatic nitrogens is 1. The van der Waals surface area contributed by atoms with Crippen molar-refractivity contribution in [3.63, 3.8) is 0 Å². The molecule has 0 bridgehead atoms. The number of hydrogen-bond donors (Lipinski definition) is 1. The second-order valence-electron chi connectivity index (χ2n) is 7.23. The number of ether oxygens (including phenoxy) is 1. The molecule has 1 unspecified atom stereocenters. The van der Waals surface area contributed by atoms with Crippen LogP contribution in [0.1, 0.15) is 42.3 Å². The molecule has 1 saturated heterocycles. The minimum atomic E-state index is -0.518. The molecule has 0 saturated carbocycles. The second-order valence-corrected chi connectivity index (χ2v) is 7.99. The largest absolute Gasteiger partial charge is 0.473 e. The summed E-state index contributed by atoms with van der Waals surface area (Å²) in [6.45, 7) is 3.99. The zero-order valence-corrected chi connectivity index (χ0v) is 17.8. The van der Waals surface area contributed by atoms with Crippen LogP contribution in [0.15, 0.2) is 53.3 Å². The highest BCUT2D eigenvalue weighted by Crippen LogP contribution is 2.19. The minimum Gasteiger partial charge on any atom is -0.473 e. The van der Waals surface area contributed by atoms with E-state index in [1.54, 1.807) is 18.3 Å². The molecule has 0 radical (unpaired) electrons. The van der Waals surface area contributed by atoms with Crippen LogP contribution in [-0.2, 0) is 27.2 Å². The molecule has 1 fully saturated rings. The fraction of sp³-hybridized carbons (Fsp3) is 0.455. The van der Waals surface area contributed by atoms with Crippen molar-refractivity contribution in [3.05, 3.63) is 60.2 Å². The van der Waals surface area contributed by atoms with E-state index in [-0.39, 0.29) is 12.3 Å². The summed E-state index contributed by atoms with van der Waals surface area (Å²) in [5.41, 5.74) is 1.21. The van der Waals surface area contributed by atoms with Gasteiger partial charge in [0.25, 0.3) is 0 Å². The van der Waals surface area contributed by atoms with Gasteiger partial charge in [0, 0.05) is 29.6 Å². The molecule has 0 aromatic carbocycles. The van der Waals surface area contributed by atoms with Crippen LogP contribution in [0, 0.1) is 0 Å². The minimum absolute atomic E-state index is 0.0831. The van der Waals surface area contributed by atoms with Crippen LogP contribution in [0.3, 0.4) is 0 Å². The van der Waals surface area contributed by atoms with Crippen molar-refractivity contribution in [2.24, 2.45) is 0 Å². The third-order valence-electron chi connectivity index (χ3n) is 4.91. The van der Waals surface area contributed by atoms with Gasteiger partial charge in [-0.3, -0.25) is 9.69 Å². The Balaban J connectivity index is 1.34. The average Bonchev–Trinajstić information content (AvgIpc) is 3.30. The smallest absolute Gasteiger partial charge is 0.471 e. The van der Waals surface area contributed by atoms with Gasteiger partial charge in [-0.15, -0.1) is 0 Å². The van der Waals surface area contributed by atoms with Gasteiger partial charge in [-0.25, -0.2) is 4.98 Å². The van der Waals surface area contributed by atoms with Crippen LogP contribution >= 0.6 is 0 Å². The Morgan fingerprint density at radius 1 is 1.30 bits per heavy atom. The summed E-state index contributed by atoms with van der Waals surface area (Å²) in [6, 6.07) is 7.43. The zero-order chi connectivity index (χ0) is 21.0. The van der Waals surface area contributed by atoms with Crippen molar-refractivity contribution in [1.29, 1.82) is 0 Å². The lowest BCUT2D eigenvalue weighted by Crippen LogP contribution is -2.29. The third kappa shape index (κ3) is 7.35. The first-order valence-electron chi connectivity index (χ1n) is 10.3. The summed E-state index contributed by atoms with van der Waals surface area (Å²) < 4.78 is 22.1. The predicted octanol–water partition coefficient (Wildman–Crippen LogP) is 3.27. The number of nitrogens with zero attached hydrogens (tertiary/aromatic N) is 2. The molecule has 0 aliphatic carbocycles. The van der Waals surface area contributed by atoms with Gasteiger partial charge in [-0.05, 0) is 55.8 Å². The fourth-order valence-corrected chi connectivity index (χ4v) is 3.81. The summed E-state index contributed by atoms with van der Waals surface area (Å²) in [5, 5.41) is 2.25. The molecular weight excluding hydrogens is 402 g/mol. The predicted molar refractivity (Wildman–Crippen MR) is 115 cm³/mol. The first kappa shape index (κ1) is 22.1. The number of piperidine rings is 1. The van der Waals surface area contributed by atoms with Gasteiger partial charge < -0.3 is 14.5 Å². The summed E-state index contributed by atoms with van der Waals surface area (Å²) in [5.74, 6) is 0.925. The maximum atomic E-state index is 12.0. The Morgan fingerprint density at radius 2 is 2.17 bits per heavy atom. The highest BCUT2D eigenvalue weighted by molar-refractivity contribution is 7.65. The molecule has 1 aliphatic rings. The normalized spacial score (nSPS) is 15.7. The molecule has 160 valence electrons. The molecular formula is C22H28N3O4S+. The van der Waals surface area contributed by atoms with Crippen LogP contribution in [0.25, 0.3) is 0 Å². The van der Waals surface area contributed by atoms with Crippen LogP contribution < -0.4 is 10.1 Å². The van der Waals surface area contributed by atoms with E-state index in [0.717, 1.165) is 19.6 Å². The molecule has 3 heterocycles. The summed E-state index contributed by atoms with van der Waals surface area (Å²) in [4.78, 5) is 18.7. The van der Waals surface area contributed by atoms with E-state index in [1.807, 2.05) is 24.3 Å². The first-order chi connectivity index (χ1) is 14.7. The zero-order valence-electron chi connectivity index (χ0n) is 17.0. The number of carbonyl (C=O) groups excluding carboxylic acids is 1. The standard InChI is InChI=1S/C22H27N3O4S/c26-21(16-20(30-27)19-7-6-14-28-19)23-9-2-5-13-29-22-15-18(8-10-24-22)17-25-11-3-1-4-12-25/h2,5-8,10,14-15,20H,1,3-4,9,11-13,16-17H2/p+1/b5-2-. The summed E-state index contributed by atoms with van der Waals surface area (Å²) in [7, 11) is 0. The van der Waals surface area contributed by atoms with Gasteiger partial charge in [0.05, 0.1) is 12.7 Å². The van der Waals surface area contributed by atoms with Crippen molar-refractivity contribution in [2.75, 3.05) is 26.2 Å². The SMILES string of the molecule is O=[S+]C(CC(=O)NC/C=C\COc1cc(CN2CCCCC2)ccn1)c1ccco1. The second kappa shape index (κ2) is 12.2. The molecule has 1 atom stereocenters. The molecule has 7 nitrogen and oxygen atoms in total. The molecule has 30 heavy (non-hydrogen) atoms. The molecule has 2 aromatic rings. The number of hydrogen-bond acceptors (Lipinski definition) is 6. The molecule has 1 amide bonds. The number of carbonyl (C=O) groups is 1. The van der Waals surface area contributed by atoms with E-state index in [0.29, 0.717) is 36.5 Å². The molecule has 1 aliphatic heterocycles. The lowest BCUT2D eigenvalue weighted by molar-refractivity contribution is -0.120. The van der Waals surface area contributed by atoms with Crippen LogP contribution in [0.4, 0.5) is 0 Å². The molecule has 2 aromatic heterocycles. The Morgan fingerprint density at radius 3 is 2.93 bits per heavy atom. The van der Waals surface area contributed by atoms with Crippen molar-refractivity contribution < 1.29 is 18.2 Å². The van der Waals surface area contributed by atoms with Crippen LogP contribution in [0.2, 0.25) is 0 Å². The maximum absolute atomic E-state index is 12.0. The Hall–Kier alpha value is -2.58. The quantitative estimate of drug-likeness (QED) is 0.435. The number of amides is 1. The monoisotopic (exact) mass is 430 g/mol. The molecule has 8 heteroatoms. The number of rotatable bonds is 11. The number of furan rings is 1. The number of nitrogens with one attached hydrogen (secondary N) is 1. The summed E-state index contributed by atoms with van der Waals surface area (Å²) >= 11 is 0.360. The topological polar surface area (TPSA) is 84.7 Å². The lowest BCUT2D eigenvalue weighted by atomic mass is 10.1. The van der Waals surface area contributed by atoms with Gasteiger partial charge in [0.15, 0.2) is 5.76 Å². The van der Waals surface area contributed by atoms with Crippen molar-refractivity contribution in [3.8, 4) is 5.88 Å². The van der Waals surface area contributed by atoms with Gasteiger partial charge >= 0.3 is 16.9 Å². The van der Waals surface area contributed by atoms with Gasteiger partial charge in [0.2, 0.25) is 11.8 Å². The van der Waals surface area contributed by atoms with Crippen LogP contribution in [-0.4, -0.2) is 42.0 Å². The Kier molecular flexibility index (Phi) is 8.99. The fourth-order valence-electron chi connectivity index (χ4n) is 3.36. The first-order valence-corrected chi connectivity index (χ1v) is 11.1. The van der Waals surface area contributed by atoms with Gasteiger partial charge in [-0.1, -0.05) is 12.5 Å². The van der Waals surface area contributed by atoms with E-state index in [9.17, 15) is 9.00 Å². The number of pyridine rings is 1. The van der Waals surface area contributed by atoms with E-state index in [2.05, 4.69) is 15.2 Å². The summed E-state index contributed by atoms with van der Waals surface area (Å²) in [6.07, 6.45) is 10.9. The number of likely N-dealkylation sites (tertiary alicyclic amines) is 1. The molecule has 0 spiro atoms. The van der Waals surface area contributed by atoms with Crippen molar-refractivity contribution in [1.82, 2.24) is 15.2 Å². The molecule has 1 N–H and O–H groups in total. The average molecular weight is 431 g/mol. The lowest BCUT2D eigenvalue weighted by Gasteiger charge is -2.26. The third-order valence-corrected chi connectivity index (χ3v) is 5.54. The Bertz CT molecular complexity index is 820. The van der Waals surface area contributed by atoms with Crippen molar-refractivity contribution >= 4 is 17.6 Å². The van der Waals surface area contributed by atoms with Crippen LogP contribution in [0.5, 0.6) is 5.88 Å². The van der Waals surface area contributed by atoms with Crippen molar-refractivity contribution in [2.45, 2.75) is 37.5 Å². The Labute approximate surface area is 181 Å².